The minimum Gasteiger partial charge on any atom is -0.360 e. The molecular formula is C17H22N6OS. The van der Waals surface area contributed by atoms with Crippen LogP contribution in [0.1, 0.15) is 28.8 Å². The second-order valence-electron chi connectivity index (χ2n) is 6.77. The lowest BCUT2D eigenvalue weighted by atomic mass is 10.2. The zero-order chi connectivity index (χ0) is 17.4. The lowest BCUT2D eigenvalue weighted by Gasteiger charge is -2.32. The first-order valence-electron chi connectivity index (χ1n) is 8.60. The smallest absolute Gasteiger partial charge is 0.241 e. The minimum atomic E-state index is 0.119. The van der Waals surface area contributed by atoms with Gasteiger partial charge in [0.2, 0.25) is 5.91 Å². The molecule has 7 nitrogen and oxygen atoms in total. The Hall–Kier alpha value is -2.22. The van der Waals surface area contributed by atoms with Gasteiger partial charge in [-0.25, -0.2) is 15.0 Å². The van der Waals surface area contributed by atoms with Gasteiger partial charge in [-0.15, -0.1) is 11.3 Å². The van der Waals surface area contributed by atoms with Gasteiger partial charge in [-0.1, -0.05) is 0 Å². The normalized spacial score (nSPS) is 19.2. The van der Waals surface area contributed by atoms with Crippen LogP contribution in [0.2, 0.25) is 0 Å². The molecule has 1 amide bonds. The zero-order valence-corrected chi connectivity index (χ0v) is 15.3. The minimum absolute atomic E-state index is 0.119. The summed E-state index contributed by atoms with van der Waals surface area (Å²) in [6, 6.07) is 2.14. The topological polar surface area (TPSA) is 74.2 Å². The van der Waals surface area contributed by atoms with Gasteiger partial charge in [0.05, 0.1) is 12.6 Å². The number of aryl methyl sites for hydroxylation is 1. The maximum Gasteiger partial charge on any atom is 0.241 e. The number of nitrogens with one attached hydrogen (secondary N) is 1. The molecule has 8 heteroatoms. The fourth-order valence-electron chi connectivity index (χ4n) is 3.04. The first-order chi connectivity index (χ1) is 12.1. The Morgan fingerprint density at radius 3 is 2.80 bits per heavy atom. The van der Waals surface area contributed by atoms with Crippen molar-refractivity contribution in [2.24, 2.45) is 5.92 Å². The van der Waals surface area contributed by atoms with E-state index in [2.05, 4.69) is 27.2 Å². The number of piperazine rings is 1. The van der Waals surface area contributed by atoms with Crippen molar-refractivity contribution in [2.45, 2.75) is 25.8 Å². The van der Waals surface area contributed by atoms with E-state index in [1.165, 1.54) is 17.7 Å². The summed E-state index contributed by atoms with van der Waals surface area (Å²) in [5.74, 6) is 2.33. The number of likely N-dealkylation sites (N-methyl/N-ethyl adjacent to an activating group) is 1. The van der Waals surface area contributed by atoms with Gasteiger partial charge in [0, 0.05) is 37.3 Å². The van der Waals surface area contributed by atoms with Crippen LogP contribution >= 0.6 is 11.3 Å². The van der Waals surface area contributed by atoms with Gasteiger partial charge in [0.25, 0.3) is 0 Å². The molecule has 1 saturated heterocycles. The molecule has 1 N–H and O–H groups in total. The second-order valence-corrected chi connectivity index (χ2v) is 8.03. The molecule has 3 heterocycles. The summed E-state index contributed by atoms with van der Waals surface area (Å²) >= 11 is 1.74. The molecule has 2 aromatic heterocycles. The van der Waals surface area contributed by atoms with Crippen LogP contribution in [0.15, 0.2) is 18.6 Å². The number of nitrogens with zero attached hydrogens (tertiary/aromatic N) is 5. The van der Waals surface area contributed by atoms with Crippen LogP contribution in [0.5, 0.6) is 0 Å². The standard InChI is InChI=1S/C17H22N6OS/c1-11-8-18-17(25-11)16(12-3-4-12)21-13-7-14(20-10-19-13)23-6-5-22(2)15(24)9-23/h7-8,10,12,16H,3-6,9H2,1-2H3,(H,19,20,21). The lowest BCUT2D eigenvalue weighted by molar-refractivity contribution is -0.129. The summed E-state index contributed by atoms with van der Waals surface area (Å²) in [6.07, 6.45) is 5.94. The third-order valence-electron chi connectivity index (χ3n) is 4.74. The number of carbonyl (C=O) groups is 1. The maximum atomic E-state index is 11.9. The van der Waals surface area contributed by atoms with Gasteiger partial charge in [-0.3, -0.25) is 4.79 Å². The average molecular weight is 358 g/mol. The van der Waals surface area contributed by atoms with Crippen LogP contribution in [0.4, 0.5) is 11.6 Å². The third-order valence-corrected chi connectivity index (χ3v) is 5.73. The van der Waals surface area contributed by atoms with E-state index >= 15 is 0 Å². The van der Waals surface area contributed by atoms with E-state index in [0.717, 1.165) is 23.2 Å². The summed E-state index contributed by atoms with van der Waals surface area (Å²) in [4.78, 5) is 30.2. The van der Waals surface area contributed by atoms with Crippen LogP contribution in [0.25, 0.3) is 0 Å². The van der Waals surface area contributed by atoms with Crippen LogP contribution in [-0.4, -0.2) is 52.4 Å². The zero-order valence-electron chi connectivity index (χ0n) is 14.5. The molecular weight excluding hydrogens is 336 g/mol. The van der Waals surface area contributed by atoms with Crippen molar-refractivity contribution in [1.29, 1.82) is 0 Å². The van der Waals surface area contributed by atoms with Gasteiger partial charge >= 0.3 is 0 Å². The van der Waals surface area contributed by atoms with Gasteiger partial charge in [-0.05, 0) is 25.7 Å². The van der Waals surface area contributed by atoms with Gasteiger partial charge < -0.3 is 15.1 Å². The molecule has 1 aliphatic carbocycles. The number of carbonyl (C=O) groups excluding carboxylic acids is 1. The summed E-state index contributed by atoms with van der Waals surface area (Å²) in [7, 11) is 1.84. The van der Waals surface area contributed by atoms with Crippen LogP contribution in [0, 0.1) is 12.8 Å². The van der Waals surface area contributed by atoms with E-state index in [1.54, 1.807) is 22.6 Å². The second kappa shape index (κ2) is 6.59. The molecule has 2 fully saturated rings. The maximum absolute atomic E-state index is 11.9. The van der Waals surface area contributed by atoms with E-state index < -0.39 is 0 Å². The van der Waals surface area contributed by atoms with Gasteiger partial charge in [0.1, 0.15) is 23.0 Å². The first-order valence-corrected chi connectivity index (χ1v) is 9.41. The Balaban J connectivity index is 1.52. The summed E-state index contributed by atoms with van der Waals surface area (Å²) in [5, 5.41) is 4.67. The Labute approximate surface area is 151 Å². The van der Waals surface area contributed by atoms with Gasteiger partial charge in [-0.2, -0.15) is 0 Å². The number of anilines is 2. The Bertz CT molecular complexity index is 774. The molecule has 4 rings (SSSR count). The molecule has 0 radical (unpaired) electrons. The SMILES string of the molecule is Cc1cnc(C(Nc2cc(N3CCN(C)C(=O)C3)ncn2)C2CC2)s1. The quantitative estimate of drug-likeness (QED) is 0.882. The molecule has 1 aliphatic heterocycles. The molecule has 1 atom stereocenters. The number of hydrogen-bond acceptors (Lipinski definition) is 7. The highest BCUT2D eigenvalue weighted by Gasteiger charge is 2.34. The van der Waals surface area contributed by atoms with Crippen molar-refractivity contribution in [1.82, 2.24) is 19.9 Å². The van der Waals surface area contributed by atoms with Crippen LogP contribution in [0.3, 0.4) is 0 Å². The number of thiazole rings is 1. The summed E-state index contributed by atoms with van der Waals surface area (Å²) in [6.45, 7) is 3.95. The highest BCUT2D eigenvalue weighted by molar-refractivity contribution is 7.11. The molecule has 2 aromatic rings. The van der Waals surface area contributed by atoms with Crippen molar-refractivity contribution < 1.29 is 4.79 Å². The highest BCUT2D eigenvalue weighted by atomic mass is 32.1. The molecule has 2 aliphatic rings. The van der Waals surface area contributed by atoms with E-state index in [1.807, 2.05) is 24.2 Å². The van der Waals surface area contributed by atoms with Crippen LogP contribution < -0.4 is 10.2 Å². The number of rotatable bonds is 5. The molecule has 25 heavy (non-hydrogen) atoms. The fraction of sp³-hybridized carbons (Fsp3) is 0.529. The van der Waals surface area contributed by atoms with E-state index in [4.69, 9.17) is 0 Å². The van der Waals surface area contributed by atoms with Crippen molar-refractivity contribution in [3.63, 3.8) is 0 Å². The molecule has 1 saturated carbocycles. The van der Waals surface area contributed by atoms with E-state index in [0.29, 0.717) is 19.0 Å². The molecule has 0 spiro atoms. The fourth-order valence-corrected chi connectivity index (χ4v) is 3.96. The van der Waals surface area contributed by atoms with Crippen molar-refractivity contribution in [2.75, 3.05) is 36.9 Å². The Morgan fingerprint density at radius 2 is 2.12 bits per heavy atom. The van der Waals surface area contributed by atoms with Crippen molar-refractivity contribution in [3.05, 3.63) is 28.5 Å². The average Bonchev–Trinajstić information content (AvgIpc) is 3.36. The molecule has 1 unspecified atom stereocenters. The molecule has 0 aromatic carbocycles. The van der Waals surface area contributed by atoms with Crippen LogP contribution in [-0.2, 0) is 4.79 Å². The largest absolute Gasteiger partial charge is 0.360 e. The van der Waals surface area contributed by atoms with E-state index in [9.17, 15) is 4.79 Å². The summed E-state index contributed by atoms with van der Waals surface area (Å²) < 4.78 is 0. The number of hydrogen-bond donors (Lipinski definition) is 1. The monoisotopic (exact) mass is 358 g/mol. The van der Waals surface area contributed by atoms with Crippen molar-refractivity contribution >= 4 is 28.9 Å². The molecule has 0 bridgehead atoms. The Kier molecular flexibility index (Phi) is 4.29. The van der Waals surface area contributed by atoms with E-state index in [-0.39, 0.29) is 11.9 Å². The number of amides is 1. The number of aromatic nitrogens is 3. The molecule has 132 valence electrons. The highest BCUT2D eigenvalue weighted by Crippen LogP contribution is 2.43. The Morgan fingerprint density at radius 1 is 1.28 bits per heavy atom. The van der Waals surface area contributed by atoms with Crippen molar-refractivity contribution in [3.8, 4) is 0 Å². The predicted molar refractivity (Wildman–Crippen MR) is 97.8 cm³/mol. The predicted octanol–water partition coefficient (Wildman–Crippen LogP) is 2.08. The van der Waals surface area contributed by atoms with Gasteiger partial charge in [0.15, 0.2) is 0 Å². The third kappa shape index (κ3) is 3.58. The lowest BCUT2D eigenvalue weighted by Crippen LogP contribution is -2.48. The summed E-state index contributed by atoms with van der Waals surface area (Å²) in [5.41, 5.74) is 0. The first kappa shape index (κ1) is 16.3.